The first-order valence-corrected chi connectivity index (χ1v) is 28.4. The van der Waals surface area contributed by atoms with Crippen molar-refractivity contribution in [1.29, 1.82) is 0 Å². The zero-order valence-electron chi connectivity index (χ0n) is 45.2. The lowest BCUT2D eigenvalue weighted by atomic mass is 10.1. The normalized spacial score (nSPS) is 13.4. The fourth-order valence-corrected chi connectivity index (χ4v) is 7.24. The van der Waals surface area contributed by atoms with Crippen molar-refractivity contribution >= 4 is 11.9 Å². The summed E-state index contributed by atoms with van der Waals surface area (Å²) >= 11 is 0. The summed E-state index contributed by atoms with van der Waals surface area (Å²) in [7, 11) is 0. The highest BCUT2D eigenvalue weighted by Gasteiger charge is 2.17. The summed E-state index contributed by atoms with van der Waals surface area (Å²) in [4.78, 5) is 25.4. The molecule has 0 aliphatic rings. The first-order chi connectivity index (χ1) is 34.6. The fourth-order valence-electron chi connectivity index (χ4n) is 7.24. The minimum Gasteiger partial charge on any atom is -0.462 e. The van der Waals surface area contributed by atoms with Crippen molar-refractivity contribution in [3.05, 3.63) is 146 Å². The van der Waals surface area contributed by atoms with Gasteiger partial charge >= 0.3 is 11.9 Å². The van der Waals surface area contributed by atoms with E-state index >= 15 is 0 Å². The van der Waals surface area contributed by atoms with E-state index in [2.05, 4.69) is 154 Å². The van der Waals surface area contributed by atoms with Gasteiger partial charge in [0.1, 0.15) is 6.61 Å². The van der Waals surface area contributed by atoms with Crippen LogP contribution in [0.5, 0.6) is 0 Å². The smallest absolute Gasteiger partial charge is 0.310 e. The number of unbranched alkanes of at least 4 members (excludes halogenated alkanes) is 16. The maximum atomic E-state index is 12.8. The van der Waals surface area contributed by atoms with Gasteiger partial charge in [0.2, 0.25) is 0 Å². The van der Waals surface area contributed by atoms with Gasteiger partial charge < -0.3 is 14.2 Å². The highest BCUT2D eigenvalue weighted by Crippen LogP contribution is 2.13. The van der Waals surface area contributed by atoms with Crippen molar-refractivity contribution in [3.63, 3.8) is 0 Å². The molecular weight excluding hydrogens is 861 g/mol. The predicted octanol–water partition coefficient (Wildman–Crippen LogP) is 19.7. The summed E-state index contributed by atoms with van der Waals surface area (Å²) in [5.41, 5.74) is 0. The van der Waals surface area contributed by atoms with Crippen LogP contribution in [0.1, 0.15) is 226 Å². The molecule has 0 aliphatic carbocycles. The van der Waals surface area contributed by atoms with Crippen LogP contribution in [0.3, 0.4) is 0 Å². The highest BCUT2D eigenvalue weighted by atomic mass is 16.6. The molecule has 0 bridgehead atoms. The Balaban J connectivity index is 4.49. The second kappa shape index (κ2) is 59.1. The Hall–Kier alpha value is -4.22. The Morgan fingerprint density at radius 1 is 0.343 bits per heavy atom. The van der Waals surface area contributed by atoms with Crippen molar-refractivity contribution in [1.82, 2.24) is 0 Å². The molecule has 0 aliphatic heterocycles. The van der Waals surface area contributed by atoms with Gasteiger partial charge in [0.25, 0.3) is 0 Å². The molecule has 0 saturated heterocycles. The molecule has 5 nitrogen and oxygen atoms in total. The lowest BCUT2D eigenvalue weighted by Gasteiger charge is -2.18. The maximum absolute atomic E-state index is 12.8. The Labute approximate surface area is 431 Å². The standard InChI is InChI=1S/C65H104O5/c1-4-7-10-13-16-19-22-25-28-30-32-34-36-39-42-45-48-51-54-57-60-68-61-63(70-65(67)59-56-53-50-47-44-41-37-27-24-21-18-15-12-9-6-3)62-69-64(66)58-55-52-49-46-43-40-38-35-33-31-29-26-23-20-17-14-11-8-5-2/h7,9-10,12,16,18-19,21,25-29,32,34,37,39,42,44,47-48,51,53,56,63H,4-6,8,11,13-15,17,20,22-24,30-31,33,35-36,38,40-41,43,45-46,49-50,52,54-55,57-62H2,1-3H3/b10-7-,12-9-,19-16-,21-18-,28-25-,29-26-,34-32-,37-27-,42-39-,47-44-,51-48-,56-53-. The number of carbonyl (C=O) groups excluding carboxylic acids is 2. The lowest BCUT2D eigenvalue weighted by molar-refractivity contribution is -0.162. The van der Waals surface area contributed by atoms with Gasteiger partial charge in [-0.05, 0) is 116 Å². The molecular formula is C65H104O5. The quantitative estimate of drug-likeness (QED) is 0.0345. The van der Waals surface area contributed by atoms with E-state index in [0.717, 1.165) is 103 Å². The van der Waals surface area contributed by atoms with Crippen LogP contribution >= 0.6 is 0 Å². The van der Waals surface area contributed by atoms with Gasteiger partial charge in [-0.2, -0.15) is 0 Å². The van der Waals surface area contributed by atoms with Crippen LogP contribution in [-0.2, 0) is 23.8 Å². The number of hydrogen-bond donors (Lipinski definition) is 0. The van der Waals surface area contributed by atoms with E-state index in [1.54, 1.807) is 0 Å². The molecule has 0 N–H and O–H groups in total. The van der Waals surface area contributed by atoms with Gasteiger partial charge in [0.15, 0.2) is 6.10 Å². The van der Waals surface area contributed by atoms with E-state index in [0.29, 0.717) is 13.0 Å². The molecule has 1 atom stereocenters. The topological polar surface area (TPSA) is 61.8 Å². The third kappa shape index (κ3) is 56.4. The molecule has 394 valence electrons. The largest absolute Gasteiger partial charge is 0.462 e. The summed E-state index contributed by atoms with van der Waals surface area (Å²) in [5, 5.41) is 0. The first kappa shape index (κ1) is 65.8. The Morgan fingerprint density at radius 3 is 1.11 bits per heavy atom. The Kier molecular flexibility index (Phi) is 55.5. The van der Waals surface area contributed by atoms with Gasteiger partial charge in [0, 0.05) is 13.0 Å². The van der Waals surface area contributed by atoms with Gasteiger partial charge in [0.05, 0.1) is 13.0 Å². The molecule has 0 aromatic heterocycles. The number of allylic oxidation sites excluding steroid dienone is 23. The zero-order chi connectivity index (χ0) is 50.6. The highest BCUT2D eigenvalue weighted by molar-refractivity contribution is 5.71. The Bertz CT molecular complexity index is 1510. The summed E-state index contributed by atoms with van der Waals surface area (Å²) in [5.74, 6) is -0.586. The van der Waals surface area contributed by atoms with Crippen LogP contribution in [0, 0.1) is 0 Å². The third-order valence-corrected chi connectivity index (χ3v) is 11.4. The average Bonchev–Trinajstić information content (AvgIpc) is 3.36. The molecule has 0 radical (unpaired) electrons. The van der Waals surface area contributed by atoms with Gasteiger partial charge in [-0.15, -0.1) is 0 Å². The molecule has 0 aromatic rings. The van der Waals surface area contributed by atoms with E-state index in [1.165, 1.54) is 89.9 Å². The second-order valence-corrected chi connectivity index (χ2v) is 18.1. The van der Waals surface area contributed by atoms with E-state index in [9.17, 15) is 9.59 Å². The van der Waals surface area contributed by atoms with Crippen LogP contribution in [0.2, 0.25) is 0 Å². The van der Waals surface area contributed by atoms with Gasteiger partial charge in [-0.25, -0.2) is 0 Å². The maximum Gasteiger partial charge on any atom is 0.310 e. The lowest BCUT2D eigenvalue weighted by Crippen LogP contribution is -2.29. The van der Waals surface area contributed by atoms with Crippen LogP contribution < -0.4 is 0 Å². The van der Waals surface area contributed by atoms with Crippen molar-refractivity contribution in [2.45, 2.75) is 232 Å². The van der Waals surface area contributed by atoms with Gasteiger partial charge in [-0.1, -0.05) is 244 Å². The van der Waals surface area contributed by atoms with E-state index in [4.69, 9.17) is 14.2 Å². The van der Waals surface area contributed by atoms with Crippen molar-refractivity contribution in [3.8, 4) is 0 Å². The number of hydrogen-bond acceptors (Lipinski definition) is 5. The molecule has 0 aromatic carbocycles. The predicted molar refractivity (Wildman–Crippen MR) is 306 cm³/mol. The van der Waals surface area contributed by atoms with Crippen LogP contribution in [0.25, 0.3) is 0 Å². The monoisotopic (exact) mass is 965 g/mol. The molecule has 5 heteroatoms. The van der Waals surface area contributed by atoms with Crippen LogP contribution in [0.4, 0.5) is 0 Å². The molecule has 0 saturated carbocycles. The molecule has 0 rings (SSSR count). The molecule has 0 heterocycles. The van der Waals surface area contributed by atoms with Crippen LogP contribution in [-0.4, -0.2) is 37.9 Å². The zero-order valence-corrected chi connectivity index (χ0v) is 45.2. The number of carbonyl (C=O) groups is 2. The second-order valence-electron chi connectivity index (χ2n) is 18.1. The summed E-state index contributed by atoms with van der Waals surface area (Å²) < 4.78 is 17.3. The Morgan fingerprint density at radius 2 is 0.686 bits per heavy atom. The number of ether oxygens (including phenoxy) is 3. The fraction of sp³-hybridized carbons (Fsp3) is 0.600. The van der Waals surface area contributed by atoms with E-state index in [-0.39, 0.29) is 31.6 Å². The summed E-state index contributed by atoms with van der Waals surface area (Å²) in [6.45, 7) is 7.33. The van der Waals surface area contributed by atoms with E-state index < -0.39 is 6.10 Å². The molecule has 0 amide bonds. The average molecular weight is 966 g/mol. The molecule has 70 heavy (non-hydrogen) atoms. The number of rotatable bonds is 50. The van der Waals surface area contributed by atoms with Crippen molar-refractivity contribution < 1.29 is 23.8 Å². The summed E-state index contributed by atoms with van der Waals surface area (Å²) in [6, 6.07) is 0. The molecule has 0 fully saturated rings. The SMILES string of the molecule is CC/C=C\C/C=C\C/C=C\C/C=C\C/C=C\C/C=C\CCCOCC(COC(=O)CCCCCCCCCCC/C=C\CCCCCCCC)OC(=O)C/C=C\C/C=C\C/C=C\C/C=C\C/C=C\CC. The van der Waals surface area contributed by atoms with Crippen LogP contribution in [0.15, 0.2) is 146 Å². The van der Waals surface area contributed by atoms with Gasteiger partial charge in [-0.3, -0.25) is 9.59 Å². The van der Waals surface area contributed by atoms with E-state index in [1.807, 2.05) is 12.2 Å². The minimum atomic E-state index is -0.633. The minimum absolute atomic E-state index is 0.0122. The van der Waals surface area contributed by atoms with Crippen molar-refractivity contribution in [2.75, 3.05) is 19.8 Å². The summed E-state index contributed by atoms with van der Waals surface area (Å²) in [6.07, 6.45) is 86.2. The third-order valence-electron chi connectivity index (χ3n) is 11.4. The number of esters is 2. The first-order valence-electron chi connectivity index (χ1n) is 28.4. The molecule has 0 spiro atoms. The van der Waals surface area contributed by atoms with Crippen molar-refractivity contribution in [2.24, 2.45) is 0 Å². The molecule has 1 unspecified atom stereocenters.